The Balaban J connectivity index is 2.50. The van der Waals surface area contributed by atoms with Crippen LogP contribution in [0.1, 0.15) is 73.1 Å². The van der Waals surface area contributed by atoms with Crippen LogP contribution in [-0.2, 0) is 0 Å². The smallest absolute Gasteiger partial charge is 0.251 e. The summed E-state index contributed by atoms with van der Waals surface area (Å²) in [5.41, 5.74) is 1.08. The van der Waals surface area contributed by atoms with Crippen molar-refractivity contribution < 1.29 is 9.59 Å². The number of hydrogen-bond donors (Lipinski definition) is 2. The van der Waals surface area contributed by atoms with Crippen molar-refractivity contribution in [1.29, 1.82) is 0 Å². The average molecular weight is 304 g/mol. The van der Waals surface area contributed by atoms with Gasteiger partial charge in [-0.1, -0.05) is 45.6 Å². The molecule has 0 aliphatic heterocycles. The van der Waals surface area contributed by atoms with Gasteiger partial charge >= 0.3 is 0 Å². The highest BCUT2D eigenvalue weighted by atomic mass is 16.2. The average Bonchev–Trinajstić information content (AvgIpc) is 2.55. The minimum absolute atomic E-state index is 0.114. The summed E-state index contributed by atoms with van der Waals surface area (Å²) >= 11 is 0. The first-order valence-corrected chi connectivity index (χ1v) is 8.35. The predicted octanol–water partition coefficient (Wildman–Crippen LogP) is 3.53. The molecule has 0 fully saturated rings. The van der Waals surface area contributed by atoms with Crippen LogP contribution in [0, 0.1) is 0 Å². The van der Waals surface area contributed by atoms with Crippen LogP contribution in [0.25, 0.3) is 0 Å². The van der Waals surface area contributed by atoms with Gasteiger partial charge in [-0.3, -0.25) is 9.59 Å². The van der Waals surface area contributed by atoms with Crippen LogP contribution in [0.5, 0.6) is 0 Å². The zero-order valence-corrected chi connectivity index (χ0v) is 13.8. The summed E-state index contributed by atoms with van der Waals surface area (Å²) in [6.45, 7) is 5.62. The fraction of sp³-hybridized carbons (Fsp3) is 0.556. The summed E-state index contributed by atoms with van der Waals surface area (Å²) in [4.78, 5) is 24.1. The molecule has 4 heteroatoms. The number of carbonyl (C=O) groups is 2. The third-order valence-corrected chi connectivity index (χ3v) is 3.52. The van der Waals surface area contributed by atoms with Gasteiger partial charge in [0.1, 0.15) is 0 Å². The van der Waals surface area contributed by atoms with Gasteiger partial charge in [0.05, 0.1) is 0 Å². The van der Waals surface area contributed by atoms with Gasteiger partial charge in [0, 0.05) is 24.2 Å². The fourth-order valence-corrected chi connectivity index (χ4v) is 2.16. The SMILES string of the molecule is CCCCCNC(=O)c1cccc(C(=O)NCCCCC)c1. The molecule has 2 amide bonds. The number of amides is 2. The Kier molecular flexibility index (Phi) is 8.96. The van der Waals surface area contributed by atoms with Crippen LogP contribution < -0.4 is 10.6 Å². The Morgan fingerprint density at radius 1 is 0.818 bits per heavy atom. The third kappa shape index (κ3) is 6.74. The maximum Gasteiger partial charge on any atom is 0.251 e. The number of rotatable bonds is 10. The lowest BCUT2D eigenvalue weighted by Gasteiger charge is -2.08. The third-order valence-electron chi connectivity index (χ3n) is 3.52. The molecule has 0 radical (unpaired) electrons. The summed E-state index contributed by atoms with van der Waals surface area (Å²) in [6, 6.07) is 6.89. The van der Waals surface area contributed by atoms with E-state index in [-0.39, 0.29) is 11.8 Å². The zero-order chi connectivity index (χ0) is 16.2. The lowest BCUT2D eigenvalue weighted by Crippen LogP contribution is -2.26. The van der Waals surface area contributed by atoms with E-state index in [1.54, 1.807) is 24.3 Å². The van der Waals surface area contributed by atoms with Crippen molar-refractivity contribution in [2.24, 2.45) is 0 Å². The molecule has 0 atom stereocenters. The predicted molar refractivity (Wildman–Crippen MR) is 90.2 cm³/mol. The van der Waals surface area contributed by atoms with E-state index >= 15 is 0 Å². The van der Waals surface area contributed by atoms with E-state index in [1.165, 1.54) is 0 Å². The second-order valence-corrected chi connectivity index (χ2v) is 5.51. The lowest BCUT2D eigenvalue weighted by atomic mass is 10.1. The molecule has 0 heterocycles. The normalized spacial score (nSPS) is 10.3. The second kappa shape index (κ2) is 10.8. The molecule has 0 saturated heterocycles. The molecule has 122 valence electrons. The van der Waals surface area contributed by atoms with Crippen molar-refractivity contribution >= 4 is 11.8 Å². The van der Waals surface area contributed by atoms with E-state index in [9.17, 15) is 9.59 Å². The van der Waals surface area contributed by atoms with Gasteiger partial charge in [-0.15, -0.1) is 0 Å². The number of hydrogen-bond acceptors (Lipinski definition) is 2. The van der Waals surface area contributed by atoms with E-state index in [1.807, 2.05) is 0 Å². The van der Waals surface area contributed by atoms with Crippen LogP contribution in [0.2, 0.25) is 0 Å². The highest BCUT2D eigenvalue weighted by molar-refractivity contribution is 5.99. The Bertz CT molecular complexity index is 433. The summed E-state index contributed by atoms with van der Waals surface area (Å²) < 4.78 is 0. The van der Waals surface area contributed by atoms with Crippen LogP contribution >= 0.6 is 0 Å². The van der Waals surface area contributed by atoms with Crippen molar-refractivity contribution in [2.75, 3.05) is 13.1 Å². The van der Waals surface area contributed by atoms with Gasteiger partial charge < -0.3 is 10.6 Å². The van der Waals surface area contributed by atoms with Crippen LogP contribution in [0.15, 0.2) is 24.3 Å². The summed E-state index contributed by atoms with van der Waals surface area (Å²) in [7, 11) is 0. The quantitative estimate of drug-likeness (QED) is 0.650. The zero-order valence-electron chi connectivity index (χ0n) is 13.8. The van der Waals surface area contributed by atoms with Crippen LogP contribution in [0.4, 0.5) is 0 Å². The van der Waals surface area contributed by atoms with Gasteiger partial charge in [0.2, 0.25) is 0 Å². The Morgan fingerprint density at radius 2 is 1.27 bits per heavy atom. The number of carbonyl (C=O) groups excluding carboxylic acids is 2. The van der Waals surface area contributed by atoms with Crippen LogP contribution in [0.3, 0.4) is 0 Å². The molecule has 0 saturated carbocycles. The second-order valence-electron chi connectivity index (χ2n) is 5.51. The van der Waals surface area contributed by atoms with Gasteiger partial charge in [0.15, 0.2) is 0 Å². The summed E-state index contributed by atoms with van der Waals surface area (Å²) in [5, 5.41) is 5.78. The Labute approximate surface area is 133 Å². The van der Waals surface area contributed by atoms with Gasteiger partial charge in [-0.25, -0.2) is 0 Å². The maximum atomic E-state index is 12.0. The van der Waals surface area contributed by atoms with Gasteiger partial charge in [-0.2, -0.15) is 0 Å². The van der Waals surface area contributed by atoms with E-state index in [0.717, 1.165) is 38.5 Å². The van der Waals surface area contributed by atoms with Crippen molar-refractivity contribution in [3.63, 3.8) is 0 Å². The van der Waals surface area contributed by atoms with Crippen molar-refractivity contribution in [1.82, 2.24) is 10.6 Å². The van der Waals surface area contributed by atoms with Crippen molar-refractivity contribution in [3.8, 4) is 0 Å². The van der Waals surface area contributed by atoms with E-state index in [0.29, 0.717) is 24.2 Å². The summed E-state index contributed by atoms with van der Waals surface area (Å²) in [5.74, 6) is -0.228. The molecule has 1 aromatic rings. The van der Waals surface area contributed by atoms with Gasteiger partial charge in [0.25, 0.3) is 11.8 Å². The van der Waals surface area contributed by atoms with E-state index in [2.05, 4.69) is 24.5 Å². The number of benzene rings is 1. The molecule has 0 unspecified atom stereocenters. The minimum Gasteiger partial charge on any atom is -0.352 e. The Hall–Kier alpha value is -1.84. The Morgan fingerprint density at radius 3 is 1.68 bits per heavy atom. The first-order valence-electron chi connectivity index (χ1n) is 8.35. The molecular weight excluding hydrogens is 276 g/mol. The monoisotopic (exact) mass is 304 g/mol. The van der Waals surface area contributed by atoms with Crippen molar-refractivity contribution in [3.05, 3.63) is 35.4 Å². The fourth-order valence-electron chi connectivity index (χ4n) is 2.16. The highest BCUT2D eigenvalue weighted by Crippen LogP contribution is 2.06. The molecule has 0 aliphatic rings. The molecule has 0 aliphatic carbocycles. The molecular formula is C18H28N2O2. The molecule has 2 N–H and O–H groups in total. The van der Waals surface area contributed by atoms with E-state index in [4.69, 9.17) is 0 Å². The van der Waals surface area contributed by atoms with E-state index < -0.39 is 0 Å². The van der Waals surface area contributed by atoms with Crippen molar-refractivity contribution in [2.45, 2.75) is 52.4 Å². The van der Waals surface area contributed by atoms with Crippen LogP contribution in [-0.4, -0.2) is 24.9 Å². The molecule has 0 spiro atoms. The van der Waals surface area contributed by atoms with Gasteiger partial charge in [-0.05, 0) is 31.0 Å². The topological polar surface area (TPSA) is 58.2 Å². The first-order chi connectivity index (χ1) is 10.7. The minimum atomic E-state index is -0.114. The molecule has 0 aromatic heterocycles. The molecule has 0 bridgehead atoms. The standard InChI is InChI=1S/C18H28N2O2/c1-3-5-7-12-19-17(21)15-10-9-11-16(14-15)18(22)20-13-8-6-4-2/h9-11,14H,3-8,12-13H2,1-2H3,(H,19,21)(H,20,22). The maximum absolute atomic E-state index is 12.0. The highest BCUT2D eigenvalue weighted by Gasteiger charge is 2.09. The lowest BCUT2D eigenvalue weighted by molar-refractivity contribution is 0.0952. The number of nitrogens with one attached hydrogen (secondary N) is 2. The molecule has 4 nitrogen and oxygen atoms in total. The molecule has 1 aromatic carbocycles. The largest absolute Gasteiger partial charge is 0.352 e. The number of unbranched alkanes of at least 4 members (excludes halogenated alkanes) is 4. The molecule has 22 heavy (non-hydrogen) atoms. The summed E-state index contributed by atoms with van der Waals surface area (Å²) in [6.07, 6.45) is 6.45. The first kappa shape index (κ1) is 18.2. The molecule has 1 rings (SSSR count).